The van der Waals surface area contributed by atoms with Gasteiger partial charge in [0, 0.05) is 0 Å². The quantitative estimate of drug-likeness (QED) is 0.149. The Morgan fingerprint density at radius 3 is 1.63 bits per heavy atom. The van der Waals surface area contributed by atoms with Crippen LogP contribution in [0.25, 0.3) is 11.1 Å². The van der Waals surface area contributed by atoms with E-state index in [4.69, 9.17) is 0 Å². The first-order chi connectivity index (χ1) is 28.5. The second-order valence-electron chi connectivity index (χ2n) is 21.6. The van der Waals surface area contributed by atoms with E-state index in [2.05, 4.69) is 91.8 Å². The zero-order chi connectivity index (χ0) is 43.6. The molecule has 6 aliphatic rings. The molecule has 0 saturated heterocycles. The van der Waals surface area contributed by atoms with E-state index in [-0.39, 0.29) is 47.0 Å². The van der Waals surface area contributed by atoms with E-state index in [0.717, 1.165) is 50.7 Å². The van der Waals surface area contributed by atoms with Crippen LogP contribution in [0.5, 0.6) is 0 Å². The topological polar surface area (TPSA) is 0 Å². The van der Waals surface area contributed by atoms with E-state index in [1.165, 1.54) is 99.5 Å². The van der Waals surface area contributed by atoms with Crippen molar-refractivity contribution in [2.45, 2.75) is 130 Å². The second kappa shape index (κ2) is 16.9. The van der Waals surface area contributed by atoms with Gasteiger partial charge in [-0.05, 0) is 0 Å². The van der Waals surface area contributed by atoms with Gasteiger partial charge in [-0.25, -0.2) is 0 Å². The van der Waals surface area contributed by atoms with Crippen LogP contribution in [0.3, 0.4) is 0 Å². The zero-order valence-electron chi connectivity index (χ0n) is 37.6. The van der Waals surface area contributed by atoms with Crippen LogP contribution in [0.4, 0.5) is 26.3 Å². The Morgan fingerprint density at radius 1 is 0.635 bits per heavy atom. The average Bonchev–Trinajstić information content (AvgIpc) is 3.66. The molecular formula is C54H58Cl2F6Zr. The van der Waals surface area contributed by atoms with Crippen molar-refractivity contribution in [2.24, 2.45) is 29.1 Å². The maximum absolute atomic E-state index is 14.7. The first-order valence-corrected chi connectivity index (χ1v) is 26.0. The van der Waals surface area contributed by atoms with Crippen molar-refractivity contribution < 1.29 is 72.4 Å². The molecule has 0 aromatic heterocycles. The third-order valence-corrected chi connectivity index (χ3v) is 23.5. The summed E-state index contributed by atoms with van der Waals surface area (Å²) in [5.41, 5.74) is 8.73. The zero-order valence-corrected chi connectivity index (χ0v) is 41.5. The largest absolute Gasteiger partial charge is 1.00 e. The summed E-state index contributed by atoms with van der Waals surface area (Å²) in [6.07, 6.45) is 2.73. The Morgan fingerprint density at radius 2 is 1.14 bits per heavy atom. The number of hydrogen-bond donors (Lipinski definition) is 0. The molecule has 4 aromatic rings. The number of allylic oxidation sites excluding steroid dienone is 4. The Balaban J connectivity index is 0.00000298. The normalized spacial score (nSPS) is 23.7. The SMILES string of the molecule is CC1=[C]([Zr+2](=[C](c2cccc(C(F)(F)F)c2)c2cccc(C(F)(F)F)c2)[c]2cc(C(C)(C)C)cc3c2Cc2ccc(C(C)(C)C)cc2-3)C(C)C=C1CC12CC3CC(CC(C3)C1)C2.[Cl-].[Cl-]. The fourth-order valence-electron chi connectivity index (χ4n) is 12.5. The van der Waals surface area contributed by atoms with E-state index >= 15 is 0 Å². The fraction of sp³-hybridized carbons (Fsp3) is 0.463. The number of rotatable bonds is 6. The second-order valence-corrected chi connectivity index (χ2v) is 27.3. The minimum absolute atomic E-state index is 0. The third-order valence-electron chi connectivity index (χ3n) is 15.0. The Labute approximate surface area is 390 Å². The summed E-state index contributed by atoms with van der Waals surface area (Å²) in [7, 11) is 0. The van der Waals surface area contributed by atoms with Crippen LogP contribution in [0.2, 0.25) is 0 Å². The monoisotopic (exact) mass is 980 g/mol. The summed E-state index contributed by atoms with van der Waals surface area (Å²) >= 11 is -3.87. The van der Waals surface area contributed by atoms with Crippen molar-refractivity contribution in [1.82, 2.24) is 0 Å². The summed E-state index contributed by atoms with van der Waals surface area (Å²) < 4.78 is 91.2. The minimum Gasteiger partial charge on any atom is -1.00 e. The molecule has 4 saturated carbocycles. The molecule has 0 nitrogen and oxygen atoms in total. The average molecular weight is 983 g/mol. The molecular weight excluding hydrogens is 925 g/mol. The molecule has 0 spiro atoms. The predicted octanol–water partition coefficient (Wildman–Crippen LogP) is 8.87. The van der Waals surface area contributed by atoms with Gasteiger partial charge in [0.05, 0.1) is 0 Å². The summed E-state index contributed by atoms with van der Waals surface area (Å²) in [4.78, 5) is 0. The van der Waals surface area contributed by atoms with E-state index in [9.17, 15) is 26.3 Å². The van der Waals surface area contributed by atoms with Crippen molar-refractivity contribution in [3.8, 4) is 11.1 Å². The van der Waals surface area contributed by atoms with E-state index in [1.807, 2.05) is 0 Å². The van der Waals surface area contributed by atoms with Gasteiger partial charge in [0.2, 0.25) is 0 Å². The molecule has 334 valence electrons. The molecule has 1 atom stereocenters. The van der Waals surface area contributed by atoms with Gasteiger partial charge in [-0.15, -0.1) is 0 Å². The van der Waals surface area contributed by atoms with Crippen LogP contribution in [-0.2, 0) is 50.9 Å². The Bertz CT molecular complexity index is 2450. The summed E-state index contributed by atoms with van der Waals surface area (Å²) in [6, 6.07) is 22.3. The summed E-state index contributed by atoms with van der Waals surface area (Å²) in [6.45, 7) is 17.7. The molecule has 10 rings (SSSR count). The molecule has 0 N–H and O–H groups in total. The maximum atomic E-state index is 14.7. The van der Waals surface area contributed by atoms with Crippen molar-refractivity contribution in [2.75, 3.05) is 0 Å². The number of alkyl halides is 6. The van der Waals surface area contributed by atoms with Crippen LogP contribution in [0, 0.1) is 29.1 Å². The van der Waals surface area contributed by atoms with Crippen molar-refractivity contribution in [1.29, 1.82) is 0 Å². The van der Waals surface area contributed by atoms with Crippen molar-refractivity contribution in [3.63, 3.8) is 0 Å². The van der Waals surface area contributed by atoms with Gasteiger partial charge in [-0.2, -0.15) is 0 Å². The third kappa shape index (κ3) is 9.09. The van der Waals surface area contributed by atoms with Crippen LogP contribution in [0.1, 0.15) is 145 Å². The van der Waals surface area contributed by atoms with Gasteiger partial charge in [0.15, 0.2) is 0 Å². The van der Waals surface area contributed by atoms with Crippen LogP contribution in [0.15, 0.2) is 99.4 Å². The minimum atomic E-state index is -4.62. The number of fused-ring (bicyclic) bond motifs is 3. The molecule has 0 aliphatic heterocycles. The van der Waals surface area contributed by atoms with Gasteiger partial charge in [0.1, 0.15) is 0 Å². The fourth-order valence-corrected chi connectivity index (χ4v) is 21.4. The molecule has 0 radical (unpaired) electrons. The number of halogens is 8. The Hall–Kier alpha value is -2.73. The van der Waals surface area contributed by atoms with Gasteiger partial charge in [-0.3, -0.25) is 0 Å². The molecule has 0 heterocycles. The first-order valence-electron chi connectivity index (χ1n) is 22.3. The molecule has 4 aromatic carbocycles. The molecule has 9 heteroatoms. The predicted molar refractivity (Wildman–Crippen MR) is 233 cm³/mol. The van der Waals surface area contributed by atoms with Gasteiger partial charge in [-0.1, -0.05) is 0 Å². The summed E-state index contributed by atoms with van der Waals surface area (Å²) in [5, 5.41) is 0. The van der Waals surface area contributed by atoms with Crippen LogP contribution in [-0.4, -0.2) is 3.21 Å². The molecule has 4 bridgehead atoms. The van der Waals surface area contributed by atoms with Crippen LogP contribution < -0.4 is 28.1 Å². The Kier molecular flexibility index (Phi) is 12.9. The first kappa shape index (κ1) is 48.2. The van der Waals surface area contributed by atoms with Gasteiger partial charge < -0.3 is 24.8 Å². The molecule has 4 fully saturated rings. The van der Waals surface area contributed by atoms with Crippen molar-refractivity contribution >= 4 is 6.48 Å². The molecule has 1 unspecified atom stereocenters. The molecule has 63 heavy (non-hydrogen) atoms. The van der Waals surface area contributed by atoms with Gasteiger partial charge >= 0.3 is 368 Å². The maximum Gasteiger partial charge on any atom is -1.00 e. The van der Waals surface area contributed by atoms with E-state index < -0.39 is 44.7 Å². The smallest absolute Gasteiger partial charge is 1.00 e. The van der Waals surface area contributed by atoms with Crippen LogP contribution >= 0.6 is 0 Å². The van der Waals surface area contributed by atoms with Gasteiger partial charge in [0.25, 0.3) is 0 Å². The number of hydrogen-bond acceptors (Lipinski definition) is 0. The van der Waals surface area contributed by atoms with E-state index in [0.29, 0.717) is 20.8 Å². The van der Waals surface area contributed by atoms with E-state index in [1.54, 1.807) is 12.1 Å². The molecule has 6 aliphatic carbocycles. The summed E-state index contributed by atoms with van der Waals surface area (Å²) in [5.74, 6) is 2.39. The van der Waals surface area contributed by atoms with Crippen molar-refractivity contribution in [3.05, 3.63) is 144 Å². The standard InChI is InChI=1S/C21H25.C18H25.C15H8F6.2ClH.Zr/c1-20(2,3)16-9-7-14-11-15-8-10-17(21(4,5)6)13-19(15)18(14)12-16;1-12-3-13(2)17(4-12)11-18-8-14-5-15(9-18)7-16(6-14)10-18;16-14(17,18)12-5-1-3-10(8-12)7-11-4-2-6-13(9-11)15(19,20)21;;;/h7,9-10,12-13H,11H2,1-6H3;4,12,14-16H,5-11H2,1-2H3;1-6,8-9H;2*1H;/q;;;;;+2/p-2. The molecule has 0 amide bonds. The number of benzene rings is 4.